The monoisotopic (exact) mass is 308 g/mol. The highest BCUT2D eigenvalue weighted by Crippen LogP contribution is 2.33. The standard InChI is InChI=1S/C14H10Cl2N2O2/c15-9-3-1-2-8(12(9)16)13(19)7-4-5-10-11(6-7)18-14(20)17-10/h1-6,13,19H,(H2,17,18,20). The Morgan fingerprint density at radius 3 is 2.60 bits per heavy atom. The quantitative estimate of drug-likeness (QED) is 0.680. The lowest BCUT2D eigenvalue weighted by Gasteiger charge is -2.14. The molecule has 3 N–H and O–H groups in total. The first-order chi connectivity index (χ1) is 9.56. The van der Waals surface area contributed by atoms with Gasteiger partial charge in [-0.05, 0) is 23.8 Å². The number of hydrogen-bond acceptors (Lipinski definition) is 2. The van der Waals surface area contributed by atoms with Gasteiger partial charge >= 0.3 is 5.69 Å². The van der Waals surface area contributed by atoms with E-state index < -0.39 is 6.10 Å². The third-order valence-corrected chi connectivity index (χ3v) is 3.97. The molecule has 3 rings (SSSR count). The molecular formula is C14H10Cl2N2O2. The van der Waals surface area contributed by atoms with E-state index in [-0.39, 0.29) is 5.69 Å². The van der Waals surface area contributed by atoms with Gasteiger partial charge in [0.15, 0.2) is 0 Å². The zero-order chi connectivity index (χ0) is 14.3. The van der Waals surface area contributed by atoms with Gasteiger partial charge in [0.25, 0.3) is 0 Å². The molecular weight excluding hydrogens is 299 g/mol. The summed E-state index contributed by atoms with van der Waals surface area (Å²) >= 11 is 12.1. The first kappa shape index (κ1) is 13.2. The molecule has 6 heteroatoms. The summed E-state index contributed by atoms with van der Waals surface area (Å²) in [7, 11) is 0. The first-order valence-electron chi connectivity index (χ1n) is 5.90. The number of aliphatic hydroxyl groups excluding tert-OH is 1. The van der Waals surface area contributed by atoms with E-state index in [0.29, 0.717) is 32.2 Å². The third-order valence-electron chi connectivity index (χ3n) is 3.13. The van der Waals surface area contributed by atoms with Crippen molar-refractivity contribution < 1.29 is 5.11 Å². The predicted octanol–water partition coefficient (Wildman–Crippen LogP) is 3.24. The van der Waals surface area contributed by atoms with Gasteiger partial charge in [0.2, 0.25) is 0 Å². The summed E-state index contributed by atoms with van der Waals surface area (Å²) in [5, 5.41) is 11.1. The summed E-state index contributed by atoms with van der Waals surface area (Å²) in [4.78, 5) is 16.5. The Bertz CT molecular complexity index is 839. The van der Waals surface area contributed by atoms with Crippen LogP contribution in [0.15, 0.2) is 41.2 Å². The van der Waals surface area contributed by atoms with Gasteiger partial charge in [-0.25, -0.2) is 4.79 Å². The van der Waals surface area contributed by atoms with E-state index in [9.17, 15) is 9.90 Å². The Kier molecular flexibility index (Phi) is 3.30. The number of aromatic nitrogens is 2. The van der Waals surface area contributed by atoms with Crippen LogP contribution in [0.25, 0.3) is 11.0 Å². The van der Waals surface area contributed by atoms with Crippen molar-refractivity contribution in [2.24, 2.45) is 0 Å². The van der Waals surface area contributed by atoms with Crippen molar-refractivity contribution in [1.29, 1.82) is 0 Å². The Morgan fingerprint density at radius 1 is 1.05 bits per heavy atom. The van der Waals surface area contributed by atoms with Crippen molar-refractivity contribution in [3.8, 4) is 0 Å². The molecule has 0 saturated heterocycles. The number of benzene rings is 2. The SMILES string of the molecule is O=c1[nH]c2ccc(C(O)c3cccc(Cl)c3Cl)cc2[nH]1. The van der Waals surface area contributed by atoms with Crippen LogP contribution < -0.4 is 5.69 Å². The van der Waals surface area contributed by atoms with Crippen molar-refractivity contribution in [3.05, 3.63) is 68.1 Å². The normalized spacial score (nSPS) is 12.8. The summed E-state index contributed by atoms with van der Waals surface area (Å²) in [6.45, 7) is 0. The van der Waals surface area contributed by atoms with E-state index in [1.807, 2.05) is 0 Å². The largest absolute Gasteiger partial charge is 0.384 e. The van der Waals surface area contributed by atoms with Gasteiger partial charge in [0.1, 0.15) is 6.10 Å². The van der Waals surface area contributed by atoms with Crippen LogP contribution in [0, 0.1) is 0 Å². The van der Waals surface area contributed by atoms with Crippen LogP contribution >= 0.6 is 23.2 Å². The highest BCUT2D eigenvalue weighted by Gasteiger charge is 2.16. The van der Waals surface area contributed by atoms with Gasteiger partial charge in [-0.15, -0.1) is 0 Å². The zero-order valence-corrected chi connectivity index (χ0v) is 11.7. The van der Waals surface area contributed by atoms with Crippen LogP contribution in [0.2, 0.25) is 10.0 Å². The Hall–Kier alpha value is -1.75. The van der Waals surface area contributed by atoms with E-state index in [0.717, 1.165) is 0 Å². The molecule has 0 amide bonds. The fraction of sp³-hybridized carbons (Fsp3) is 0.0714. The molecule has 1 atom stereocenters. The van der Waals surface area contributed by atoms with Gasteiger partial charge in [-0.3, -0.25) is 0 Å². The maximum absolute atomic E-state index is 11.2. The molecule has 0 aliphatic rings. The van der Waals surface area contributed by atoms with Gasteiger partial charge in [0.05, 0.1) is 21.1 Å². The average Bonchev–Trinajstić information content (AvgIpc) is 2.80. The van der Waals surface area contributed by atoms with Crippen LogP contribution in [0.5, 0.6) is 0 Å². The van der Waals surface area contributed by atoms with Gasteiger partial charge in [0, 0.05) is 5.56 Å². The van der Waals surface area contributed by atoms with Gasteiger partial charge < -0.3 is 15.1 Å². The minimum atomic E-state index is -0.913. The van der Waals surface area contributed by atoms with Crippen molar-refractivity contribution in [3.63, 3.8) is 0 Å². The minimum Gasteiger partial charge on any atom is -0.384 e. The third kappa shape index (κ3) is 2.22. The van der Waals surface area contributed by atoms with Crippen molar-refractivity contribution in [1.82, 2.24) is 9.97 Å². The lowest BCUT2D eigenvalue weighted by Crippen LogP contribution is -2.01. The molecule has 0 aliphatic heterocycles. The van der Waals surface area contributed by atoms with E-state index in [1.165, 1.54) is 0 Å². The van der Waals surface area contributed by atoms with Crippen molar-refractivity contribution >= 4 is 34.2 Å². The molecule has 0 fully saturated rings. The zero-order valence-electron chi connectivity index (χ0n) is 10.2. The molecule has 0 aliphatic carbocycles. The number of fused-ring (bicyclic) bond motifs is 1. The molecule has 1 unspecified atom stereocenters. The fourth-order valence-corrected chi connectivity index (χ4v) is 2.54. The lowest BCUT2D eigenvalue weighted by molar-refractivity contribution is 0.220. The average molecular weight is 309 g/mol. The summed E-state index contributed by atoms with van der Waals surface area (Å²) < 4.78 is 0. The smallest absolute Gasteiger partial charge is 0.323 e. The summed E-state index contributed by atoms with van der Waals surface area (Å²) in [6.07, 6.45) is -0.913. The molecule has 3 aromatic rings. The first-order valence-corrected chi connectivity index (χ1v) is 6.66. The van der Waals surface area contributed by atoms with E-state index in [4.69, 9.17) is 23.2 Å². The highest BCUT2D eigenvalue weighted by atomic mass is 35.5. The molecule has 1 aromatic heterocycles. The van der Waals surface area contributed by atoms with E-state index in [2.05, 4.69) is 9.97 Å². The molecule has 102 valence electrons. The van der Waals surface area contributed by atoms with Gasteiger partial charge in [-0.1, -0.05) is 41.4 Å². The molecule has 0 bridgehead atoms. The summed E-state index contributed by atoms with van der Waals surface area (Å²) in [5.41, 5.74) is 2.17. The van der Waals surface area contributed by atoms with Crippen LogP contribution in [-0.4, -0.2) is 15.1 Å². The van der Waals surface area contributed by atoms with E-state index in [1.54, 1.807) is 36.4 Å². The Balaban J connectivity index is 2.09. The predicted molar refractivity (Wildman–Crippen MR) is 79.4 cm³/mol. The van der Waals surface area contributed by atoms with Crippen LogP contribution in [0.3, 0.4) is 0 Å². The van der Waals surface area contributed by atoms with E-state index >= 15 is 0 Å². The number of hydrogen-bond donors (Lipinski definition) is 3. The lowest BCUT2D eigenvalue weighted by atomic mass is 10.0. The molecule has 20 heavy (non-hydrogen) atoms. The van der Waals surface area contributed by atoms with Crippen molar-refractivity contribution in [2.45, 2.75) is 6.10 Å². The number of aromatic amines is 2. The maximum atomic E-state index is 11.2. The molecule has 1 heterocycles. The molecule has 0 radical (unpaired) electrons. The number of H-pyrrole nitrogens is 2. The number of halogens is 2. The Labute approximate surface area is 124 Å². The summed E-state index contributed by atoms with van der Waals surface area (Å²) in [6, 6.07) is 10.3. The molecule has 4 nitrogen and oxygen atoms in total. The minimum absolute atomic E-state index is 0.285. The molecule has 0 spiro atoms. The molecule has 0 saturated carbocycles. The number of imidazole rings is 1. The summed E-state index contributed by atoms with van der Waals surface area (Å²) in [5.74, 6) is 0. The maximum Gasteiger partial charge on any atom is 0.323 e. The van der Waals surface area contributed by atoms with Crippen LogP contribution in [0.1, 0.15) is 17.2 Å². The fourth-order valence-electron chi connectivity index (χ4n) is 2.13. The second kappa shape index (κ2) is 4.98. The Morgan fingerprint density at radius 2 is 1.80 bits per heavy atom. The van der Waals surface area contributed by atoms with Crippen LogP contribution in [0.4, 0.5) is 0 Å². The number of aliphatic hydroxyl groups is 1. The highest BCUT2D eigenvalue weighted by molar-refractivity contribution is 6.42. The number of nitrogens with one attached hydrogen (secondary N) is 2. The number of rotatable bonds is 2. The second-order valence-electron chi connectivity index (χ2n) is 4.43. The molecule has 2 aromatic carbocycles. The second-order valence-corrected chi connectivity index (χ2v) is 5.21. The van der Waals surface area contributed by atoms with Crippen molar-refractivity contribution in [2.75, 3.05) is 0 Å². The topological polar surface area (TPSA) is 68.9 Å². The van der Waals surface area contributed by atoms with Crippen LogP contribution in [-0.2, 0) is 0 Å². The van der Waals surface area contributed by atoms with Gasteiger partial charge in [-0.2, -0.15) is 0 Å².